The smallest absolute Gasteiger partial charge is 0.246 e. The Morgan fingerprint density at radius 1 is 1.38 bits per heavy atom. The van der Waals surface area contributed by atoms with Gasteiger partial charge in [-0.15, -0.1) is 0 Å². The van der Waals surface area contributed by atoms with E-state index in [2.05, 4.69) is 6.58 Å². The van der Waals surface area contributed by atoms with Gasteiger partial charge in [-0.2, -0.15) is 0 Å². The number of hydrogen-bond acceptors (Lipinski definition) is 2. The van der Waals surface area contributed by atoms with E-state index in [1.165, 1.54) is 6.08 Å². The maximum atomic E-state index is 11.2. The van der Waals surface area contributed by atoms with Crippen molar-refractivity contribution in [3.05, 3.63) is 12.7 Å². The predicted molar refractivity (Wildman–Crippen MR) is 46.8 cm³/mol. The molecule has 0 aromatic rings. The van der Waals surface area contributed by atoms with Crippen LogP contribution in [-0.2, 0) is 9.59 Å². The number of amides is 2. The third-order valence-electron chi connectivity index (χ3n) is 2.87. The van der Waals surface area contributed by atoms with E-state index in [4.69, 9.17) is 0 Å². The number of hydrogen-bond donors (Lipinski definition) is 0. The Hall–Kier alpha value is -1.32. The van der Waals surface area contributed by atoms with Crippen LogP contribution in [0.4, 0.5) is 0 Å². The van der Waals surface area contributed by atoms with Crippen LogP contribution in [-0.4, -0.2) is 47.8 Å². The number of carbonyl (C=O) groups excluding carboxylic acids is 2. The van der Waals surface area contributed by atoms with E-state index in [0.717, 1.165) is 19.5 Å². The molecule has 0 radical (unpaired) electrons. The molecule has 0 aliphatic carbocycles. The molecule has 0 aromatic heterocycles. The quantitative estimate of drug-likeness (QED) is 0.423. The van der Waals surface area contributed by atoms with Crippen LogP contribution in [0.5, 0.6) is 0 Å². The first-order valence-corrected chi connectivity index (χ1v) is 4.38. The van der Waals surface area contributed by atoms with Crippen molar-refractivity contribution in [1.82, 2.24) is 9.80 Å². The van der Waals surface area contributed by atoms with Crippen LogP contribution in [0.2, 0.25) is 0 Å². The standard InChI is InChI=1S/C9H12N2O2/c1-2-9(13)11-4-7-3-10(6-12)5-8(7)11/h2,6-8H,1,3-5H2. The van der Waals surface area contributed by atoms with Crippen molar-refractivity contribution in [3.63, 3.8) is 0 Å². The topological polar surface area (TPSA) is 40.6 Å². The second-order valence-electron chi connectivity index (χ2n) is 3.58. The van der Waals surface area contributed by atoms with Crippen molar-refractivity contribution < 1.29 is 9.59 Å². The van der Waals surface area contributed by atoms with E-state index in [1.807, 2.05) is 0 Å². The molecular formula is C9H12N2O2. The maximum Gasteiger partial charge on any atom is 0.246 e. The van der Waals surface area contributed by atoms with Crippen LogP contribution in [0.3, 0.4) is 0 Å². The second kappa shape index (κ2) is 2.87. The summed E-state index contributed by atoms with van der Waals surface area (Å²) in [4.78, 5) is 25.2. The summed E-state index contributed by atoms with van der Waals surface area (Å²) < 4.78 is 0. The fourth-order valence-electron chi connectivity index (χ4n) is 2.13. The first-order valence-electron chi connectivity index (χ1n) is 4.38. The first-order chi connectivity index (χ1) is 6.26. The molecule has 4 heteroatoms. The van der Waals surface area contributed by atoms with Crippen LogP contribution in [0.25, 0.3) is 0 Å². The summed E-state index contributed by atoms with van der Waals surface area (Å²) in [6.07, 6.45) is 2.19. The molecule has 13 heavy (non-hydrogen) atoms. The van der Waals surface area contributed by atoms with E-state index in [-0.39, 0.29) is 11.9 Å². The van der Waals surface area contributed by atoms with Crippen LogP contribution in [0, 0.1) is 5.92 Å². The Morgan fingerprint density at radius 2 is 2.15 bits per heavy atom. The Kier molecular flexibility index (Phi) is 1.83. The summed E-state index contributed by atoms with van der Waals surface area (Å²) in [6, 6.07) is 0.246. The highest BCUT2D eigenvalue weighted by Gasteiger charge is 2.46. The Morgan fingerprint density at radius 3 is 2.77 bits per heavy atom. The zero-order chi connectivity index (χ0) is 9.42. The van der Waals surface area contributed by atoms with Crippen LogP contribution >= 0.6 is 0 Å². The van der Waals surface area contributed by atoms with E-state index in [0.29, 0.717) is 12.5 Å². The lowest BCUT2D eigenvalue weighted by molar-refractivity contribution is -0.135. The molecule has 0 N–H and O–H groups in total. The van der Waals surface area contributed by atoms with Crippen molar-refractivity contribution >= 4 is 12.3 Å². The lowest BCUT2D eigenvalue weighted by Gasteiger charge is -2.42. The summed E-state index contributed by atoms with van der Waals surface area (Å²) in [5.74, 6) is 0.475. The van der Waals surface area contributed by atoms with Crippen LogP contribution in [0.15, 0.2) is 12.7 Å². The van der Waals surface area contributed by atoms with Gasteiger partial charge in [0.25, 0.3) is 0 Å². The number of carbonyl (C=O) groups is 2. The molecule has 0 bridgehead atoms. The molecule has 2 saturated heterocycles. The summed E-state index contributed by atoms with van der Waals surface area (Å²) in [6.45, 7) is 5.71. The monoisotopic (exact) mass is 180 g/mol. The van der Waals surface area contributed by atoms with Gasteiger partial charge in [-0.05, 0) is 6.08 Å². The molecule has 70 valence electrons. The Balaban J connectivity index is 1.99. The molecule has 2 aliphatic heterocycles. The molecule has 2 amide bonds. The molecule has 2 atom stereocenters. The minimum absolute atomic E-state index is 0.0194. The molecule has 0 spiro atoms. The molecule has 0 saturated carbocycles. The Bertz CT molecular complexity index is 264. The van der Waals surface area contributed by atoms with Crippen LogP contribution < -0.4 is 0 Å². The largest absolute Gasteiger partial charge is 0.343 e. The molecule has 2 aliphatic rings. The molecule has 2 heterocycles. The van der Waals surface area contributed by atoms with Gasteiger partial charge in [0.1, 0.15) is 0 Å². The third kappa shape index (κ3) is 1.13. The van der Waals surface area contributed by atoms with Gasteiger partial charge in [-0.25, -0.2) is 0 Å². The maximum absolute atomic E-state index is 11.2. The van der Waals surface area contributed by atoms with Gasteiger partial charge in [-0.1, -0.05) is 6.58 Å². The van der Waals surface area contributed by atoms with Gasteiger partial charge in [0.15, 0.2) is 0 Å². The summed E-state index contributed by atoms with van der Waals surface area (Å²) >= 11 is 0. The number of fused-ring (bicyclic) bond motifs is 1. The lowest BCUT2D eigenvalue weighted by Crippen LogP contribution is -2.57. The highest BCUT2D eigenvalue weighted by molar-refractivity contribution is 5.88. The predicted octanol–water partition coefficient (Wildman–Crippen LogP) is -0.529. The molecular weight excluding hydrogens is 168 g/mol. The van der Waals surface area contributed by atoms with Gasteiger partial charge in [0.2, 0.25) is 12.3 Å². The molecule has 2 rings (SSSR count). The molecule has 4 nitrogen and oxygen atoms in total. The zero-order valence-corrected chi connectivity index (χ0v) is 7.35. The average Bonchev–Trinajstić information content (AvgIpc) is 2.44. The third-order valence-corrected chi connectivity index (χ3v) is 2.87. The van der Waals surface area contributed by atoms with Gasteiger partial charge >= 0.3 is 0 Å². The van der Waals surface area contributed by atoms with Gasteiger partial charge in [0, 0.05) is 25.6 Å². The summed E-state index contributed by atoms with van der Waals surface area (Å²) in [7, 11) is 0. The van der Waals surface area contributed by atoms with Crippen molar-refractivity contribution in [1.29, 1.82) is 0 Å². The Labute approximate surface area is 76.8 Å². The van der Waals surface area contributed by atoms with E-state index in [9.17, 15) is 9.59 Å². The molecule has 2 unspecified atom stereocenters. The minimum atomic E-state index is -0.0194. The second-order valence-corrected chi connectivity index (χ2v) is 3.58. The summed E-state index contributed by atoms with van der Waals surface area (Å²) in [5, 5.41) is 0. The fourth-order valence-corrected chi connectivity index (χ4v) is 2.13. The first kappa shape index (κ1) is 8.29. The van der Waals surface area contributed by atoms with E-state index in [1.54, 1.807) is 9.80 Å². The van der Waals surface area contributed by atoms with Crippen molar-refractivity contribution in [2.24, 2.45) is 5.92 Å². The van der Waals surface area contributed by atoms with Crippen molar-refractivity contribution in [2.45, 2.75) is 6.04 Å². The van der Waals surface area contributed by atoms with Gasteiger partial charge in [0.05, 0.1) is 6.04 Å². The van der Waals surface area contributed by atoms with Crippen molar-refractivity contribution in [2.75, 3.05) is 19.6 Å². The summed E-state index contributed by atoms with van der Waals surface area (Å²) in [5.41, 5.74) is 0. The number of likely N-dealkylation sites (tertiary alicyclic amines) is 2. The SMILES string of the molecule is C=CC(=O)N1CC2CN(C=O)CC21. The normalized spacial score (nSPS) is 30.8. The van der Waals surface area contributed by atoms with Gasteiger partial charge in [-0.3, -0.25) is 9.59 Å². The number of rotatable bonds is 2. The highest BCUT2D eigenvalue weighted by atomic mass is 16.2. The molecule has 0 aromatic carbocycles. The van der Waals surface area contributed by atoms with Crippen LogP contribution in [0.1, 0.15) is 0 Å². The minimum Gasteiger partial charge on any atom is -0.343 e. The lowest BCUT2D eigenvalue weighted by atomic mass is 9.92. The van der Waals surface area contributed by atoms with Gasteiger partial charge < -0.3 is 9.80 Å². The zero-order valence-electron chi connectivity index (χ0n) is 7.35. The average molecular weight is 180 g/mol. The number of nitrogens with zero attached hydrogens (tertiary/aromatic N) is 2. The van der Waals surface area contributed by atoms with E-state index < -0.39 is 0 Å². The fraction of sp³-hybridized carbons (Fsp3) is 0.556. The highest BCUT2D eigenvalue weighted by Crippen LogP contribution is 2.31. The molecule has 2 fully saturated rings. The van der Waals surface area contributed by atoms with Crippen molar-refractivity contribution in [3.8, 4) is 0 Å². The van der Waals surface area contributed by atoms with E-state index >= 15 is 0 Å².